The molecule has 1 unspecified atom stereocenters. The van der Waals surface area contributed by atoms with Crippen molar-refractivity contribution in [2.75, 3.05) is 29.0 Å². The molecule has 246 valence electrons. The molecule has 0 aliphatic carbocycles. The van der Waals surface area contributed by atoms with Crippen molar-refractivity contribution in [1.29, 1.82) is 0 Å². The number of rotatable bonds is 11. The number of benzene rings is 3. The first-order valence-corrected chi connectivity index (χ1v) is 15.8. The molecule has 11 heteroatoms. The zero-order valence-electron chi connectivity index (χ0n) is 26.7. The topological polar surface area (TPSA) is 94.2 Å². The van der Waals surface area contributed by atoms with Crippen LogP contribution in [-0.4, -0.2) is 39.9 Å². The maximum absolute atomic E-state index is 13.9. The number of amides is 1. The molecular formula is C36H40F3N7O. The Morgan fingerprint density at radius 1 is 1.02 bits per heavy atom. The molecule has 1 amide bonds. The number of allylic oxidation sites excluding steroid dienone is 1. The number of nitrogens with one attached hydrogen (secondary N) is 4. The van der Waals surface area contributed by atoms with E-state index < -0.39 is 23.5 Å². The number of para-hydroxylation sites is 1. The van der Waals surface area contributed by atoms with Gasteiger partial charge in [0, 0.05) is 49.2 Å². The average molecular weight is 644 g/mol. The zero-order valence-corrected chi connectivity index (χ0v) is 26.7. The second-order valence-corrected chi connectivity index (χ2v) is 11.9. The lowest BCUT2D eigenvalue weighted by molar-refractivity contribution is -0.137. The van der Waals surface area contributed by atoms with Crippen LogP contribution < -0.4 is 21.3 Å². The zero-order chi connectivity index (χ0) is 33.4. The van der Waals surface area contributed by atoms with E-state index in [4.69, 9.17) is 0 Å². The molecule has 4 N–H and O–H groups in total. The van der Waals surface area contributed by atoms with Gasteiger partial charge in [0.15, 0.2) is 0 Å². The summed E-state index contributed by atoms with van der Waals surface area (Å²) in [5, 5.41) is 12.0. The summed E-state index contributed by atoms with van der Waals surface area (Å²) in [7, 11) is 0. The average Bonchev–Trinajstić information content (AvgIpc) is 3.04. The monoisotopic (exact) mass is 643 g/mol. The fourth-order valence-corrected chi connectivity index (χ4v) is 5.57. The van der Waals surface area contributed by atoms with E-state index in [-0.39, 0.29) is 23.2 Å². The predicted molar refractivity (Wildman–Crippen MR) is 181 cm³/mol. The SMILES string of the molecule is CC=CN1CCCC(c2cccc(NCc3ccc(Nc4ncc(C(F)(F)F)c(Nc5ccccc5C(=O)NC(C)C)n4)cc3)c2)C1. The molecule has 3 aromatic carbocycles. The number of halogens is 3. The molecule has 4 aromatic rings. The lowest BCUT2D eigenvalue weighted by Crippen LogP contribution is -2.30. The quantitative estimate of drug-likeness (QED) is 0.130. The van der Waals surface area contributed by atoms with Gasteiger partial charge in [0.25, 0.3) is 5.91 Å². The van der Waals surface area contributed by atoms with E-state index in [1.165, 1.54) is 30.5 Å². The molecule has 2 heterocycles. The number of carbonyl (C=O) groups is 1. The number of nitrogens with zero attached hydrogens (tertiary/aromatic N) is 3. The fraction of sp³-hybridized carbons (Fsp3) is 0.306. The van der Waals surface area contributed by atoms with Crippen LogP contribution in [0.1, 0.15) is 66.6 Å². The summed E-state index contributed by atoms with van der Waals surface area (Å²) in [4.78, 5) is 23.1. The van der Waals surface area contributed by atoms with Gasteiger partial charge in [-0.05, 0) is 87.3 Å². The second kappa shape index (κ2) is 15.0. The van der Waals surface area contributed by atoms with Crippen LogP contribution in [0.2, 0.25) is 0 Å². The third-order valence-corrected chi connectivity index (χ3v) is 7.82. The molecule has 0 radical (unpaired) electrons. The first-order valence-electron chi connectivity index (χ1n) is 15.8. The molecule has 1 aliphatic heterocycles. The number of carbonyl (C=O) groups excluding carboxylic acids is 1. The standard InChI is InChI=1S/C36H40F3N7O/c1-4-18-46-19-8-10-27(23-46)26-9-7-11-29(20-26)40-21-25-14-16-28(17-15-25)43-35-41-22-31(36(37,38)39)33(45-35)44-32-13-6-5-12-30(32)34(47)42-24(2)3/h4-7,9,11-18,20,22,24,27,40H,8,10,19,21,23H2,1-3H3,(H,42,47)(H2,41,43,44,45). The Kier molecular flexibility index (Phi) is 10.6. The van der Waals surface area contributed by atoms with Crippen LogP contribution in [0.5, 0.6) is 0 Å². The smallest absolute Gasteiger partial charge is 0.381 e. The molecule has 1 aliphatic rings. The minimum atomic E-state index is -4.71. The summed E-state index contributed by atoms with van der Waals surface area (Å²) in [5.74, 6) is -0.407. The van der Waals surface area contributed by atoms with E-state index in [9.17, 15) is 18.0 Å². The number of piperidine rings is 1. The van der Waals surface area contributed by atoms with E-state index in [1.807, 2.05) is 31.2 Å². The third kappa shape index (κ3) is 9.02. The van der Waals surface area contributed by atoms with E-state index in [0.29, 0.717) is 18.2 Å². The Bertz CT molecular complexity index is 1690. The number of likely N-dealkylation sites (tertiary alicyclic amines) is 1. The van der Waals surface area contributed by atoms with Gasteiger partial charge in [-0.3, -0.25) is 4.79 Å². The van der Waals surface area contributed by atoms with Gasteiger partial charge < -0.3 is 26.2 Å². The van der Waals surface area contributed by atoms with Gasteiger partial charge in [0.05, 0.1) is 11.3 Å². The summed E-state index contributed by atoms with van der Waals surface area (Å²) in [5.41, 5.74) is 3.36. The van der Waals surface area contributed by atoms with Gasteiger partial charge in [0.2, 0.25) is 5.95 Å². The first kappa shape index (κ1) is 33.3. The van der Waals surface area contributed by atoms with Crippen molar-refractivity contribution in [1.82, 2.24) is 20.2 Å². The van der Waals surface area contributed by atoms with Crippen LogP contribution in [0, 0.1) is 0 Å². The minimum absolute atomic E-state index is 0.0250. The molecule has 1 saturated heterocycles. The summed E-state index contributed by atoms with van der Waals surface area (Å²) < 4.78 is 41.7. The summed E-state index contributed by atoms with van der Waals surface area (Å²) >= 11 is 0. The molecule has 1 atom stereocenters. The van der Waals surface area contributed by atoms with E-state index in [2.05, 4.69) is 72.7 Å². The van der Waals surface area contributed by atoms with Crippen LogP contribution in [-0.2, 0) is 12.7 Å². The number of hydrogen-bond acceptors (Lipinski definition) is 7. The molecular weight excluding hydrogens is 603 g/mol. The normalized spacial score (nSPS) is 15.1. The third-order valence-electron chi connectivity index (χ3n) is 7.82. The van der Waals surface area contributed by atoms with E-state index in [1.54, 1.807) is 26.0 Å². The second-order valence-electron chi connectivity index (χ2n) is 11.9. The summed E-state index contributed by atoms with van der Waals surface area (Å²) in [6.45, 7) is 8.37. The molecule has 0 saturated carbocycles. The number of anilines is 5. The Morgan fingerprint density at radius 3 is 2.55 bits per heavy atom. The first-order chi connectivity index (χ1) is 22.6. The lowest BCUT2D eigenvalue weighted by Gasteiger charge is -2.32. The Labute approximate surface area is 273 Å². The van der Waals surface area contributed by atoms with Crippen molar-refractivity contribution in [2.45, 2.75) is 58.3 Å². The Hall–Kier alpha value is -5.06. The van der Waals surface area contributed by atoms with Crippen LogP contribution in [0.4, 0.5) is 42.0 Å². The molecule has 1 aromatic heterocycles. The van der Waals surface area contributed by atoms with Crippen molar-refractivity contribution in [2.24, 2.45) is 0 Å². The van der Waals surface area contributed by atoms with Crippen LogP contribution >= 0.6 is 0 Å². The predicted octanol–water partition coefficient (Wildman–Crippen LogP) is 8.45. The highest BCUT2D eigenvalue weighted by Gasteiger charge is 2.35. The molecule has 5 rings (SSSR count). The largest absolute Gasteiger partial charge is 0.421 e. The number of alkyl halides is 3. The Balaban J connectivity index is 1.26. The van der Waals surface area contributed by atoms with Gasteiger partial charge in [-0.2, -0.15) is 18.2 Å². The van der Waals surface area contributed by atoms with Crippen molar-refractivity contribution in [3.8, 4) is 0 Å². The molecule has 1 fully saturated rings. The maximum Gasteiger partial charge on any atom is 0.421 e. The highest BCUT2D eigenvalue weighted by Crippen LogP contribution is 2.36. The minimum Gasteiger partial charge on any atom is -0.381 e. The van der Waals surface area contributed by atoms with Gasteiger partial charge in [0.1, 0.15) is 11.4 Å². The van der Waals surface area contributed by atoms with Crippen molar-refractivity contribution >= 4 is 34.7 Å². The molecule has 0 spiro atoms. The summed E-state index contributed by atoms with van der Waals surface area (Å²) in [6.07, 6.45) is 2.62. The van der Waals surface area contributed by atoms with Gasteiger partial charge >= 0.3 is 6.18 Å². The molecule has 47 heavy (non-hydrogen) atoms. The van der Waals surface area contributed by atoms with Crippen LogP contribution in [0.25, 0.3) is 0 Å². The van der Waals surface area contributed by atoms with Crippen molar-refractivity contribution in [3.63, 3.8) is 0 Å². The fourth-order valence-electron chi connectivity index (χ4n) is 5.57. The van der Waals surface area contributed by atoms with Crippen LogP contribution in [0.3, 0.4) is 0 Å². The summed E-state index contributed by atoms with van der Waals surface area (Å²) in [6, 6.07) is 22.3. The van der Waals surface area contributed by atoms with Gasteiger partial charge in [-0.25, -0.2) is 4.98 Å². The molecule has 8 nitrogen and oxygen atoms in total. The van der Waals surface area contributed by atoms with Gasteiger partial charge in [-0.1, -0.05) is 42.5 Å². The Morgan fingerprint density at radius 2 is 1.81 bits per heavy atom. The number of aromatic nitrogens is 2. The van der Waals surface area contributed by atoms with Crippen molar-refractivity contribution < 1.29 is 18.0 Å². The van der Waals surface area contributed by atoms with Crippen molar-refractivity contribution in [3.05, 3.63) is 114 Å². The van der Waals surface area contributed by atoms with Crippen LogP contribution in [0.15, 0.2) is 91.3 Å². The molecule has 0 bridgehead atoms. The maximum atomic E-state index is 13.9. The highest BCUT2D eigenvalue weighted by atomic mass is 19.4. The van der Waals surface area contributed by atoms with Gasteiger partial charge in [-0.15, -0.1) is 0 Å². The highest BCUT2D eigenvalue weighted by molar-refractivity contribution is 6.00. The lowest BCUT2D eigenvalue weighted by atomic mass is 9.90. The number of hydrogen-bond donors (Lipinski definition) is 4. The van der Waals surface area contributed by atoms with E-state index in [0.717, 1.165) is 30.5 Å². The van der Waals surface area contributed by atoms with E-state index >= 15 is 0 Å².